The van der Waals surface area contributed by atoms with Gasteiger partial charge in [0.25, 0.3) is 0 Å². The third-order valence-corrected chi connectivity index (χ3v) is 4.88. The summed E-state index contributed by atoms with van der Waals surface area (Å²) >= 11 is 7.63. The Kier molecular flexibility index (Phi) is 6.25. The topological polar surface area (TPSA) is 76.0 Å². The lowest BCUT2D eigenvalue weighted by Crippen LogP contribution is -2.40. The van der Waals surface area contributed by atoms with Crippen LogP contribution in [0.4, 0.5) is 9.18 Å². The molecule has 3 amide bonds. The van der Waals surface area contributed by atoms with Crippen molar-refractivity contribution in [3.05, 3.63) is 34.0 Å². The number of carbonyl (C=O) groups is 2. The lowest BCUT2D eigenvalue weighted by Gasteiger charge is -2.03. The predicted octanol–water partition coefficient (Wildman–Crippen LogP) is 2.74. The first kappa shape index (κ1) is 17.6. The van der Waals surface area contributed by atoms with Gasteiger partial charge < -0.3 is 5.32 Å². The molecule has 0 atom stereocenters. The van der Waals surface area contributed by atoms with Crippen molar-refractivity contribution >= 4 is 47.3 Å². The molecule has 2 N–H and O–H groups in total. The Morgan fingerprint density at radius 2 is 2.09 bits per heavy atom. The van der Waals surface area contributed by atoms with E-state index < -0.39 is 11.9 Å². The molecule has 0 fully saturated rings. The van der Waals surface area contributed by atoms with Crippen LogP contribution in [-0.2, 0) is 4.79 Å². The fraction of sp³-hybridized carbons (Fsp3) is 0.231. The van der Waals surface area contributed by atoms with Crippen LogP contribution in [0.2, 0.25) is 0 Å². The minimum absolute atomic E-state index is 0.0445. The molecule has 0 spiro atoms. The molecule has 0 saturated heterocycles. The molecular formula is C13H13FN4O2S3. The van der Waals surface area contributed by atoms with Gasteiger partial charge in [-0.2, -0.15) is 0 Å². The third kappa shape index (κ3) is 5.12. The standard InChI is InChI=1S/C13H13FN4O2S3/c1-2-15-11(20)16-10(19)7-22-12-17-18(13(21)23-12)9-5-3-8(14)4-6-9/h3-6H,2,7H2,1H3,(H2,15,16,19,20). The highest BCUT2D eigenvalue weighted by Gasteiger charge is 2.11. The molecule has 1 heterocycles. The smallest absolute Gasteiger partial charge is 0.321 e. The van der Waals surface area contributed by atoms with Crippen LogP contribution in [0.1, 0.15) is 6.92 Å². The number of imide groups is 1. The summed E-state index contributed by atoms with van der Waals surface area (Å²) in [6, 6.07) is 5.26. The normalized spacial score (nSPS) is 10.3. The lowest BCUT2D eigenvalue weighted by atomic mass is 10.3. The molecule has 0 unspecified atom stereocenters. The monoisotopic (exact) mass is 372 g/mol. The van der Waals surface area contributed by atoms with E-state index in [0.717, 1.165) is 0 Å². The van der Waals surface area contributed by atoms with E-state index in [1.54, 1.807) is 19.1 Å². The Morgan fingerprint density at radius 1 is 1.39 bits per heavy atom. The molecule has 0 aliphatic rings. The highest BCUT2D eigenvalue weighted by Crippen LogP contribution is 2.23. The second-order valence-electron chi connectivity index (χ2n) is 4.22. The van der Waals surface area contributed by atoms with Crippen LogP contribution < -0.4 is 10.6 Å². The minimum atomic E-state index is -0.525. The number of hydrogen-bond acceptors (Lipinski definition) is 6. The van der Waals surface area contributed by atoms with Crippen molar-refractivity contribution in [1.82, 2.24) is 20.4 Å². The Balaban J connectivity index is 1.99. The van der Waals surface area contributed by atoms with Crippen LogP contribution in [0.5, 0.6) is 0 Å². The fourth-order valence-corrected chi connectivity index (χ4v) is 3.72. The summed E-state index contributed by atoms with van der Waals surface area (Å²) in [6.45, 7) is 2.20. The van der Waals surface area contributed by atoms with E-state index in [-0.39, 0.29) is 11.6 Å². The second-order valence-corrected chi connectivity index (χ2v) is 7.06. The first-order valence-corrected chi connectivity index (χ1v) is 8.77. The van der Waals surface area contributed by atoms with Gasteiger partial charge in [-0.1, -0.05) is 23.1 Å². The van der Waals surface area contributed by atoms with Crippen molar-refractivity contribution in [3.63, 3.8) is 0 Å². The second kappa shape index (κ2) is 8.18. The number of carbonyl (C=O) groups excluding carboxylic acids is 2. The molecule has 2 aromatic rings. The number of nitrogens with zero attached hydrogens (tertiary/aromatic N) is 2. The van der Waals surface area contributed by atoms with Gasteiger partial charge in [-0.15, -0.1) is 5.10 Å². The molecular weight excluding hydrogens is 359 g/mol. The Labute approximate surface area is 145 Å². The summed E-state index contributed by atoms with van der Waals surface area (Å²) in [5, 5.41) is 8.96. The van der Waals surface area contributed by atoms with Crippen molar-refractivity contribution in [2.75, 3.05) is 12.3 Å². The summed E-state index contributed by atoms with van der Waals surface area (Å²) in [4.78, 5) is 22.8. The molecule has 1 aromatic heterocycles. The van der Waals surface area contributed by atoms with E-state index in [0.29, 0.717) is 20.5 Å². The molecule has 0 aliphatic carbocycles. The van der Waals surface area contributed by atoms with Crippen LogP contribution in [0.15, 0.2) is 28.6 Å². The molecule has 0 bridgehead atoms. The van der Waals surface area contributed by atoms with Gasteiger partial charge in [-0.3, -0.25) is 10.1 Å². The number of thioether (sulfide) groups is 1. The maximum Gasteiger partial charge on any atom is 0.321 e. The van der Waals surface area contributed by atoms with Crippen LogP contribution in [-0.4, -0.2) is 34.0 Å². The van der Waals surface area contributed by atoms with E-state index in [9.17, 15) is 14.0 Å². The predicted molar refractivity (Wildman–Crippen MR) is 90.2 cm³/mol. The minimum Gasteiger partial charge on any atom is -0.338 e. The van der Waals surface area contributed by atoms with Crippen molar-refractivity contribution in [2.24, 2.45) is 0 Å². The number of rotatable bonds is 5. The molecule has 0 aliphatic heterocycles. The zero-order valence-corrected chi connectivity index (χ0v) is 14.5. The highest BCUT2D eigenvalue weighted by molar-refractivity contribution is 8.01. The number of amides is 3. The number of hydrogen-bond donors (Lipinski definition) is 2. The van der Waals surface area contributed by atoms with E-state index >= 15 is 0 Å². The molecule has 23 heavy (non-hydrogen) atoms. The maximum absolute atomic E-state index is 12.9. The summed E-state index contributed by atoms with van der Waals surface area (Å²) in [7, 11) is 0. The fourth-order valence-electron chi connectivity index (χ4n) is 1.56. The van der Waals surface area contributed by atoms with Crippen molar-refractivity contribution in [1.29, 1.82) is 0 Å². The average Bonchev–Trinajstić information content (AvgIpc) is 2.87. The summed E-state index contributed by atoms with van der Waals surface area (Å²) in [5.74, 6) is -0.717. The van der Waals surface area contributed by atoms with E-state index in [2.05, 4.69) is 15.7 Å². The van der Waals surface area contributed by atoms with Crippen LogP contribution in [0.25, 0.3) is 5.69 Å². The molecule has 6 nitrogen and oxygen atoms in total. The summed E-state index contributed by atoms with van der Waals surface area (Å²) < 4.78 is 15.5. The van der Waals surface area contributed by atoms with Crippen molar-refractivity contribution in [3.8, 4) is 5.69 Å². The van der Waals surface area contributed by atoms with E-state index in [4.69, 9.17) is 12.2 Å². The van der Waals surface area contributed by atoms with Crippen LogP contribution in [0, 0.1) is 9.77 Å². The Morgan fingerprint density at radius 3 is 2.74 bits per heavy atom. The van der Waals surface area contributed by atoms with Gasteiger partial charge in [0.1, 0.15) is 5.82 Å². The van der Waals surface area contributed by atoms with Gasteiger partial charge in [0.15, 0.2) is 8.29 Å². The Bertz CT molecular complexity index is 757. The number of benzene rings is 1. The van der Waals surface area contributed by atoms with E-state index in [1.807, 2.05) is 0 Å². The average molecular weight is 372 g/mol. The van der Waals surface area contributed by atoms with Gasteiger partial charge in [0, 0.05) is 6.54 Å². The zero-order valence-electron chi connectivity index (χ0n) is 12.0. The van der Waals surface area contributed by atoms with Crippen molar-refractivity contribution in [2.45, 2.75) is 11.3 Å². The van der Waals surface area contributed by atoms with Crippen molar-refractivity contribution < 1.29 is 14.0 Å². The molecule has 2 rings (SSSR count). The molecule has 0 saturated carbocycles. The number of urea groups is 1. The zero-order chi connectivity index (χ0) is 16.8. The largest absolute Gasteiger partial charge is 0.338 e. The van der Waals surface area contributed by atoms with Gasteiger partial charge in [0.05, 0.1) is 11.4 Å². The number of aromatic nitrogens is 2. The highest BCUT2D eigenvalue weighted by atomic mass is 32.2. The van der Waals surface area contributed by atoms with Gasteiger partial charge >= 0.3 is 6.03 Å². The SMILES string of the molecule is CCNC(=O)NC(=O)CSc1nn(-c2ccc(F)cc2)c(=S)s1. The molecule has 122 valence electrons. The number of nitrogens with one attached hydrogen (secondary N) is 2. The molecule has 1 aromatic carbocycles. The maximum atomic E-state index is 12.9. The van der Waals surface area contributed by atoms with Gasteiger partial charge in [0.2, 0.25) is 5.91 Å². The first-order chi connectivity index (χ1) is 11.0. The molecule has 10 heteroatoms. The summed E-state index contributed by atoms with van der Waals surface area (Å²) in [6.07, 6.45) is 0. The molecule has 0 radical (unpaired) electrons. The van der Waals surface area contributed by atoms with Gasteiger partial charge in [-0.25, -0.2) is 13.9 Å². The quantitative estimate of drug-likeness (QED) is 0.623. The third-order valence-electron chi connectivity index (χ3n) is 2.52. The first-order valence-electron chi connectivity index (χ1n) is 6.56. The van der Waals surface area contributed by atoms with Crippen LogP contribution >= 0.6 is 35.3 Å². The Hall–Kier alpha value is -1.78. The van der Waals surface area contributed by atoms with Crippen LogP contribution in [0.3, 0.4) is 0 Å². The lowest BCUT2D eigenvalue weighted by molar-refractivity contribution is -0.117. The summed E-state index contributed by atoms with van der Waals surface area (Å²) in [5.41, 5.74) is 0.645. The number of halogens is 1. The van der Waals surface area contributed by atoms with Gasteiger partial charge in [-0.05, 0) is 43.4 Å². The van der Waals surface area contributed by atoms with E-state index in [1.165, 1.54) is 39.9 Å².